The second-order valence-electron chi connectivity index (χ2n) is 4.35. The average Bonchev–Trinajstić information content (AvgIpc) is 2.73. The van der Waals surface area contributed by atoms with Gasteiger partial charge in [-0.1, -0.05) is 0 Å². The number of likely N-dealkylation sites (tertiary alicyclic amines) is 1. The Morgan fingerprint density at radius 2 is 1.87 bits per heavy atom. The SMILES string of the molecule is CCN=C=NCCC[N+]1(CC)CCCC1. The maximum atomic E-state index is 4.16. The number of hydrogen-bond acceptors (Lipinski definition) is 2. The van der Waals surface area contributed by atoms with Gasteiger partial charge in [0.25, 0.3) is 0 Å². The Hall–Kier alpha value is -0.660. The highest BCUT2D eigenvalue weighted by Crippen LogP contribution is 2.19. The Morgan fingerprint density at radius 3 is 2.47 bits per heavy atom. The average molecular weight is 210 g/mol. The highest BCUT2D eigenvalue weighted by atomic mass is 15.4. The molecule has 1 aliphatic rings. The summed E-state index contributed by atoms with van der Waals surface area (Å²) in [5.41, 5.74) is 0. The normalized spacial score (nSPS) is 18.5. The molecule has 1 saturated heterocycles. The molecule has 0 aromatic heterocycles. The van der Waals surface area contributed by atoms with Gasteiger partial charge in [-0.15, -0.1) is 0 Å². The molecule has 0 spiro atoms. The lowest BCUT2D eigenvalue weighted by atomic mass is 10.3. The zero-order chi connectivity index (χ0) is 11.0. The van der Waals surface area contributed by atoms with Crippen LogP contribution < -0.4 is 0 Å². The molecular formula is C12H24N3+. The second-order valence-corrected chi connectivity index (χ2v) is 4.35. The van der Waals surface area contributed by atoms with Crippen LogP contribution in [0, 0.1) is 0 Å². The Kier molecular flexibility index (Phi) is 5.59. The maximum absolute atomic E-state index is 4.16. The Morgan fingerprint density at radius 1 is 1.13 bits per heavy atom. The third-order valence-electron chi connectivity index (χ3n) is 3.39. The van der Waals surface area contributed by atoms with E-state index in [1.807, 2.05) is 6.92 Å². The van der Waals surface area contributed by atoms with E-state index < -0.39 is 0 Å². The van der Waals surface area contributed by atoms with E-state index in [0.717, 1.165) is 13.1 Å². The van der Waals surface area contributed by atoms with Crippen LogP contribution in [-0.4, -0.2) is 49.8 Å². The van der Waals surface area contributed by atoms with Gasteiger partial charge in [0.15, 0.2) is 0 Å². The lowest BCUT2D eigenvalue weighted by Gasteiger charge is -2.32. The van der Waals surface area contributed by atoms with Gasteiger partial charge >= 0.3 is 0 Å². The van der Waals surface area contributed by atoms with E-state index in [4.69, 9.17) is 0 Å². The van der Waals surface area contributed by atoms with Crippen molar-refractivity contribution in [3.63, 3.8) is 0 Å². The Labute approximate surface area is 93.5 Å². The third kappa shape index (κ3) is 4.15. The van der Waals surface area contributed by atoms with Crippen molar-refractivity contribution in [1.29, 1.82) is 0 Å². The van der Waals surface area contributed by atoms with E-state index in [9.17, 15) is 0 Å². The molecule has 0 aliphatic carbocycles. The minimum atomic E-state index is 0.790. The van der Waals surface area contributed by atoms with E-state index in [0.29, 0.717) is 0 Å². The molecule has 0 N–H and O–H groups in total. The van der Waals surface area contributed by atoms with Crippen molar-refractivity contribution in [2.24, 2.45) is 9.98 Å². The van der Waals surface area contributed by atoms with Crippen LogP contribution in [0.2, 0.25) is 0 Å². The fourth-order valence-corrected chi connectivity index (χ4v) is 2.36. The number of nitrogens with zero attached hydrogens (tertiary/aromatic N) is 3. The fraction of sp³-hybridized carbons (Fsp3) is 0.917. The van der Waals surface area contributed by atoms with E-state index in [1.165, 1.54) is 49.9 Å². The molecular weight excluding hydrogens is 186 g/mol. The zero-order valence-electron chi connectivity index (χ0n) is 10.2. The van der Waals surface area contributed by atoms with Crippen molar-refractivity contribution in [2.75, 3.05) is 39.3 Å². The quantitative estimate of drug-likeness (QED) is 0.365. The molecule has 0 amide bonds. The van der Waals surface area contributed by atoms with Gasteiger partial charge in [-0.05, 0) is 13.8 Å². The van der Waals surface area contributed by atoms with Gasteiger partial charge in [-0.3, -0.25) is 0 Å². The van der Waals surface area contributed by atoms with Crippen LogP contribution >= 0.6 is 0 Å². The molecule has 1 fully saturated rings. The van der Waals surface area contributed by atoms with Crippen molar-refractivity contribution >= 4 is 6.01 Å². The predicted molar refractivity (Wildman–Crippen MR) is 64.5 cm³/mol. The molecule has 0 aromatic carbocycles. The van der Waals surface area contributed by atoms with Crippen LogP contribution in [0.3, 0.4) is 0 Å². The summed E-state index contributed by atoms with van der Waals surface area (Å²) in [6.45, 7) is 11.3. The topological polar surface area (TPSA) is 24.7 Å². The van der Waals surface area contributed by atoms with Gasteiger partial charge in [-0.25, -0.2) is 9.98 Å². The van der Waals surface area contributed by atoms with Crippen LogP contribution in [0.5, 0.6) is 0 Å². The van der Waals surface area contributed by atoms with Gasteiger partial charge in [0.2, 0.25) is 0 Å². The Balaban J connectivity index is 2.20. The molecule has 0 aromatic rings. The lowest BCUT2D eigenvalue weighted by Crippen LogP contribution is -2.45. The first-order valence-corrected chi connectivity index (χ1v) is 6.26. The smallest absolute Gasteiger partial charge is 0.0892 e. The molecule has 15 heavy (non-hydrogen) atoms. The number of quaternary nitrogens is 1. The second kappa shape index (κ2) is 6.76. The molecule has 3 nitrogen and oxygen atoms in total. The monoisotopic (exact) mass is 210 g/mol. The molecule has 0 radical (unpaired) electrons. The van der Waals surface area contributed by atoms with Crippen molar-refractivity contribution < 1.29 is 4.48 Å². The minimum Gasteiger partial charge on any atom is -0.324 e. The summed E-state index contributed by atoms with van der Waals surface area (Å²) in [5, 5.41) is 0. The van der Waals surface area contributed by atoms with Gasteiger partial charge < -0.3 is 4.48 Å². The lowest BCUT2D eigenvalue weighted by molar-refractivity contribution is -0.915. The van der Waals surface area contributed by atoms with Crippen LogP contribution in [-0.2, 0) is 0 Å². The predicted octanol–water partition coefficient (Wildman–Crippen LogP) is 2.20. The van der Waals surface area contributed by atoms with E-state index in [-0.39, 0.29) is 0 Å². The van der Waals surface area contributed by atoms with Crippen molar-refractivity contribution in [2.45, 2.75) is 33.1 Å². The van der Waals surface area contributed by atoms with Gasteiger partial charge in [-0.2, -0.15) is 0 Å². The van der Waals surface area contributed by atoms with Gasteiger partial charge in [0.1, 0.15) is 0 Å². The first kappa shape index (κ1) is 12.4. The molecule has 0 bridgehead atoms. The van der Waals surface area contributed by atoms with Gasteiger partial charge in [0.05, 0.1) is 38.7 Å². The van der Waals surface area contributed by atoms with Crippen LogP contribution in [0.4, 0.5) is 0 Å². The minimum absolute atomic E-state index is 0.790. The summed E-state index contributed by atoms with van der Waals surface area (Å²) in [4.78, 5) is 8.12. The molecule has 86 valence electrons. The summed E-state index contributed by atoms with van der Waals surface area (Å²) >= 11 is 0. The standard InChI is InChI=1S/C12H24N3/c1-3-13-12-14-8-7-11-15(4-2)9-5-6-10-15/h3-11H2,1-2H3/q+1. The van der Waals surface area contributed by atoms with Crippen molar-refractivity contribution in [1.82, 2.24) is 0 Å². The molecule has 0 atom stereocenters. The number of rotatable bonds is 6. The van der Waals surface area contributed by atoms with Gasteiger partial charge in [0, 0.05) is 25.8 Å². The molecule has 0 unspecified atom stereocenters. The largest absolute Gasteiger partial charge is 0.324 e. The van der Waals surface area contributed by atoms with Crippen LogP contribution in [0.15, 0.2) is 9.98 Å². The summed E-state index contributed by atoms with van der Waals surface area (Å²) in [6.07, 6.45) is 4.00. The molecule has 3 heteroatoms. The van der Waals surface area contributed by atoms with E-state index in [1.54, 1.807) is 0 Å². The Bertz CT molecular complexity index is 223. The highest BCUT2D eigenvalue weighted by molar-refractivity contribution is 5.40. The highest BCUT2D eigenvalue weighted by Gasteiger charge is 2.28. The fourth-order valence-electron chi connectivity index (χ4n) is 2.36. The van der Waals surface area contributed by atoms with Crippen LogP contribution in [0.25, 0.3) is 0 Å². The first-order chi connectivity index (χ1) is 7.33. The third-order valence-corrected chi connectivity index (χ3v) is 3.39. The van der Waals surface area contributed by atoms with Crippen molar-refractivity contribution in [3.05, 3.63) is 0 Å². The van der Waals surface area contributed by atoms with Crippen LogP contribution in [0.1, 0.15) is 33.1 Å². The van der Waals surface area contributed by atoms with E-state index in [2.05, 4.69) is 22.9 Å². The zero-order valence-corrected chi connectivity index (χ0v) is 10.2. The molecule has 1 heterocycles. The van der Waals surface area contributed by atoms with Crippen molar-refractivity contribution in [3.8, 4) is 0 Å². The van der Waals surface area contributed by atoms with E-state index >= 15 is 0 Å². The molecule has 0 saturated carbocycles. The first-order valence-electron chi connectivity index (χ1n) is 6.26. The summed E-state index contributed by atoms with van der Waals surface area (Å²) in [6, 6.07) is 2.73. The summed E-state index contributed by atoms with van der Waals surface area (Å²) in [5.74, 6) is 0. The molecule has 1 aliphatic heterocycles. The number of hydrogen-bond donors (Lipinski definition) is 0. The summed E-state index contributed by atoms with van der Waals surface area (Å²) in [7, 11) is 0. The maximum Gasteiger partial charge on any atom is 0.0892 e. The summed E-state index contributed by atoms with van der Waals surface area (Å²) < 4.78 is 1.32. The molecule has 1 rings (SSSR count). The number of aliphatic imine (C=N–C) groups is 2.